The van der Waals surface area contributed by atoms with Crippen LogP contribution in [-0.2, 0) is 8.85 Å². The third kappa shape index (κ3) is 42.0. The molecule has 0 saturated heterocycles. The Labute approximate surface area is 242 Å². The van der Waals surface area contributed by atoms with Gasteiger partial charge < -0.3 is 8.85 Å². The molecule has 2 radical (unpaired) electrons. The van der Waals surface area contributed by atoms with Gasteiger partial charge in [-0.25, -0.2) is 0 Å². The molecule has 0 atom stereocenters. The van der Waals surface area contributed by atoms with E-state index in [-0.39, 0.29) is 31.1 Å². The molecule has 0 aromatic heterocycles. The van der Waals surface area contributed by atoms with Gasteiger partial charge in [0.15, 0.2) is 0 Å². The number of rotatable bonds is 30. The van der Waals surface area contributed by atoms with Crippen molar-refractivity contribution in [1.82, 2.24) is 0 Å². The van der Waals surface area contributed by atoms with E-state index in [1.807, 2.05) is 0 Å². The van der Waals surface area contributed by atoms with E-state index >= 15 is 0 Å². The summed E-state index contributed by atoms with van der Waals surface area (Å²) in [5.74, 6) is 0. The van der Waals surface area contributed by atoms with Crippen molar-refractivity contribution in [2.45, 2.75) is 191 Å². The minimum absolute atomic E-state index is 0.0928. The van der Waals surface area contributed by atoms with E-state index in [0.29, 0.717) is 0 Å². The molecule has 0 N–H and O–H groups in total. The fourth-order valence-electron chi connectivity index (χ4n) is 4.36. The second-order valence-corrected chi connectivity index (χ2v) is 16.6. The molecule has 4 heteroatoms. The first-order valence-corrected chi connectivity index (χ1v) is 22.3. The molecule has 0 heterocycles. The Kier molecular flexibility index (Phi) is 43.9. The Balaban J connectivity index is 0. The first-order valence-electron chi connectivity index (χ1n) is 16.7. The second kappa shape index (κ2) is 40.4. The van der Waals surface area contributed by atoms with Crippen LogP contribution in [0, 0.1) is 0 Å². The van der Waals surface area contributed by atoms with Gasteiger partial charge in [0.2, 0.25) is 0 Å². The van der Waals surface area contributed by atoms with Crippen LogP contribution in [0.2, 0.25) is 8.87 Å². The number of hydrogen-bond donors (Lipinski definition) is 0. The summed E-state index contributed by atoms with van der Waals surface area (Å²) in [6, 6.07) is 0. The third-order valence-corrected chi connectivity index (χ3v) is 12.3. The zero-order valence-electron chi connectivity index (χ0n) is 25.8. The summed E-state index contributed by atoms with van der Waals surface area (Å²) in [7, 11) is -0.210. The van der Waals surface area contributed by atoms with Crippen LogP contribution in [0.4, 0.5) is 0 Å². The van der Waals surface area contributed by atoms with Crippen molar-refractivity contribution in [3.05, 3.63) is 0 Å². The Morgan fingerprint density at radius 1 is 0.361 bits per heavy atom. The normalized spacial score (nSPS) is 11.0. The molecular weight excluding hydrogens is 563 g/mol. The molecule has 218 valence electrons. The molecule has 0 fully saturated rings. The predicted octanol–water partition coefficient (Wildman–Crippen LogP) is 11.0. The Hall–Kier alpha value is 0.936. The summed E-state index contributed by atoms with van der Waals surface area (Å²) < 4.78 is 14.4. The topological polar surface area (TPSA) is 18.5 Å². The van der Waals surface area contributed by atoms with E-state index in [1.165, 1.54) is 141 Å². The summed E-state index contributed by atoms with van der Waals surface area (Å²) in [5, 5.41) is 0. The van der Waals surface area contributed by atoms with Gasteiger partial charge in [-0.3, -0.25) is 0 Å². The first kappa shape index (κ1) is 39.1. The molecular formula is C32H70O2SiSn. The van der Waals surface area contributed by atoms with Gasteiger partial charge in [0.25, 0.3) is 0 Å². The molecule has 0 aromatic carbocycles. The van der Waals surface area contributed by atoms with Crippen LogP contribution >= 0.6 is 0 Å². The monoisotopic (exact) mass is 634 g/mol. The van der Waals surface area contributed by atoms with Gasteiger partial charge >= 0.3 is 131 Å². The van der Waals surface area contributed by atoms with Crippen molar-refractivity contribution in [2.75, 3.05) is 13.2 Å². The van der Waals surface area contributed by atoms with Crippen molar-refractivity contribution in [2.24, 2.45) is 0 Å². The van der Waals surface area contributed by atoms with Crippen molar-refractivity contribution >= 4 is 31.1 Å². The molecule has 2 nitrogen and oxygen atoms in total. The van der Waals surface area contributed by atoms with Gasteiger partial charge in [0.1, 0.15) is 0 Å². The standard InChI is InChI=1S/C16H35O2Si.2C8H17.Sn.H/c1-3-5-7-9-11-13-15-17-19-18-16-14-12-10-8-6-4-2;2*1-3-5-7-8-6-4-2;;/h19H,3-16H2,1-2H3;2*1,3-8H2,2H3;;. The summed E-state index contributed by atoms with van der Waals surface area (Å²) in [6.07, 6.45) is 33.8. The Morgan fingerprint density at radius 3 is 0.972 bits per heavy atom. The van der Waals surface area contributed by atoms with E-state index in [0.717, 1.165) is 13.2 Å². The molecule has 0 unspecified atom stereocenters. The average Bonchev–Trinajstić information content (AvgIpc) is 2.89. The summed E-state index contributed by atoms with van der Waals surface area (Å²) in [5.41, 5.74) is 0. The molecule has 0 aliphatic carbocycles. The van der Waals surface area contributed by atoms with Gasteiger partial charge in [-0.1, -0.05) is 78.1 Å². The van der Waals surface area contributed by atoms with Gasteiger partial charge in [0.05, 0.1) is 0 Å². The van der Waals surface area contributed by atoms with E-state index in [4.69, 9.17) is 8.85 Å². The maximum absolute atomic E-state index is 5.55. The molecule has 36 heavy (non-hydrogen) atoms. The van der Waals surface area contributed by atoms with Gasteiger partial charge in [-0.05, 0) is 12.8 Å². The number of hydrogen-bond acceptors (Lipinski definition) is 2. The Morgan fingerprint density at radius 2 is 0.639 bits per heavy atom. The van der Waals surface area contributed by atoms with Crippen LogP contribution in [0.5, 0.6) is 0 Å². The molecule has 0 aliphatic heterocycles. The van der Waals surface area contributed by atoms with E-state index in [1.54, 1.807) is 21.7 Å². The minimum atomic E-state index is -0.210. The first-order chi connectivity index (χ1) is 17.8. The van der Waals surface area contributed by atoms with E-state index < -0.39 is 0 Å². The predicted molar refractivity (Wildman–Crippen MR) is 169 cm³/mol. The maximum atomic E-state index is 5.55. The molecule has 0 rings (SSSR count). The Bertz CT molecular complexity index is 314. The SMILES string of the molecule is CCCCCCCCO[SiH]OCCCCCCCC.CCCCCCC[CH2][SnH][CH2]CCCCCCC. The fraction of sp³-hybridized carbons (Fsp3) is 1.00. The zero-order valence-corrected chi connectivity index (χ0v) is 30.2. The van der Waals surface area contributed by atoms with Crippen molar-refractivity contribution in [1.29, 1.82) is 0 Å². The van der Waals surface area contributed by atoms with Gasteiger partial charge in [-0.15, -0.1) is 0 Å². The fourth-order valence-corrected chi connectivity index (χ4v) is 9.10. The average molecular weight is 634 g/mol. The molecule has 0 aromatic rings. The van der Waals surface area contributed by atoms with Crippen molar-refractivity contribution in [3.8, 4) is 0 Å². The van der Waals surface area contributed by atoms with Crippen molar-refractivity contribution in [3.63, 3.8) is 0 Å². The molecule has 0 amide bonds. The summed E-state index contributed by atoms with van der Waals surface area (Å²) in [4.78, 5) is 0. The summed E-state index contributed by atoms with van der Waals surface area (Å²) in [6.45, 7) is 10.9. The second-order valence-electron chi connectivity index (χ2n) is 10.8. The van der Waals surface area contributed by atoms with Crippen LogP contribution in [-0.4, -0.2) is 44.4 Å². The molecule has 0 aliphatic rings. The van der Waals surface area contributed by atoms with E-state index in [9.17, 15) is 0 Å². The summed E-state index contributed by atoms with van der Waals surface area (Å²) >= 11 is -0.0928. The van der Waals surface area contributed by atoms with Crippen LogP contribution in [0.3, 0.4) is 0 Å². The molecule has 0 bridgehead atoms. The van der Waals surface area contributed by atoms with Crippen LogP contribution in [0.25, 0.3) is 0 Å². The zero-order chi connectivity index (χ0) is 26.6. The van der Waals surface area contributed by atoms with Crippen LogP contribution < -0.4 is 0 Å². The van der Waals surface area contributed by atoms with Crippen LogP contribution in [0.15, 0.2) is 0 Å². The van der Waals surface area contributed by atoms with Crippen molar-refractivity contribution < 1.29 is 8.85 Å². The van der Waals surface area contributed by atoms with E-state index in [2.05, 4.69) is 27.7 Å². The third-order valence-electron chi connectivity index (χ3n) is 6.89. The quantitative estimate of drug-likeness (QED) is 0.0579. The molecule has 0 spiro atoms. The van der Waals surface area contributed by atoms with Gasteiger partial charge in [0, 0.05) is 13.2 Å². The van der Waals surface area contributed by atoms with Crippen LogP contribution in [0.1, 0.15) is 182 Å². The molecule has 0 saturated carbocycles. The van der Waals surface area contributed by atoms with Gasteiger partial charge in [-0.2, -0.15) is 0 Å². The number of unbranched alkanes of at least 4 members (excludes halogenated alkanes) is 20.